The number of carbonyl (C=O) groups excluding carboxylic acids is 3. The highest BCUT2D eigenvalue weighted by atomic mass is 16.6. The van der Waals surface area contributed by atoms with Gasteiger partial charge in [0.15, 0.2) is 0 Å². The summed E-state index contributed by atoms with van der Waals surface area (Å²) in [7, 11) is 1.61. The monoisotopic (exact) mass is 403 g/mol. The molecule has 1 unspecified atom stereocenters. The molecule has 2 aliphatic heterocycles. The molecule has 3 aliphatic rings. The van der Waals surface area contributed by atoms with Gasteiger partial charge in [0.05, 0.1) is 30.9 Å². The molecule has 152 valence electrons. The number of hydrogen-bond acceptors (Lipinski definition) is 5. The molecule has 5 atom stereocenters. The van der Waals surface area contributed by atoms with Crippen molar-refractivity contribution in [3.8, 4) is 5.75 Å². The fourth-order valence-electron chi connectivity index (χ4n) is 4.99. The van der Waals surface area contributed by atoms with Crippen molar-refractivity contribution in [3.63, 3.8) is 0 Å². The lowest BCUT2D eigenvalue weighted by atomic mass is 9.64. The first kappa shape index (κ1) is 18.6. The highest BCUT2D eigenvalue weighted by Gasteiger charge is 2.59. The molecule has 5 rings (SSSR count). The topological polar surface area (TPSA) is 72.9 Å². The molecule has 2 saturated heterocycles. The van der Waals surface area contributed by atoms with Crippen molar-refractivity contribution in [1.29, 1.82) is 0 Å². The second kappa shape index (κ2) is 7.13. The van der Waals surface area contributed by atoms with Crippen molar-refractivity contribution >= 4 is 23.5 Å². The normalized spacial score (nSPS) is 30.0. The lowest BCUT2D eigenvalue weighted by molar-refractivity contribution is -0.154. The van der Waals surface area contributed by atoms with Crippen molar-refractivity contribution in [1.82, 2.24) is 0 Å². The van der Waals surface area contributed by atoms with Crippen LogP contribution in [0, 0.1) is 23.7 Å². The minimum Gasteiger partial charge on any atom is -0.497 e. The minimum atomic E-state index is -0.602. The van der Waals surface area contributed by atoms with E-state index in [1.54, 1.807) is 12.0 Å². The van der Waals surface area contributed by atoms with E-state index in [1.165, 1.54) is 0 Å². The van der Waals surface area contributed by atoms with Crippen LogP contribution in [-0.4, -0.2) is 25.0 Å². The number of carbonyl (C=O) groups is 3. The third kappa shape index (κ3) is 2.75. The fourth-order valence-corrected chi connectivity index (χ4v) is 4.99. The highest BCUT2D eigenvalue weighted by Crippen LogP contribution is 2.52. The average molecular weight is 403 g/mol. The van der Waals surface area contributed by atoms with E-state index in [4.69, 9.17) is 9.47 Å². The summed E-state index contributed by atoms with van der Waals surface area (Å²) in [5, 5.41) is 0. The van der Waals surface area contributed by atoms with Crippen LogP contribution >= 0.6 is 0 Å². The van der Waals surface area contributed by atoms with Crippen LogP contribution in [0.2, 0.25) is 0 Å². The van der Waals surface area contributed by atoms with Crippen LogP contribution < -0.4 is 9.64 Å². The number of rotatable bonds is 4. The number of methoxy groups -OCH3 is 1. The standard InChI is InChI=1S/C24H21NO5/c1-29-16-12-10-14(11-13-16)21-20(22(26)25(21)15-6-3-2-4-7-15)17-8-5-9-18-19(17)24(28)30-23(18)27/h2-8,10-13,17-21H,9H2,1H3/t17-,18+,19-,20?,21-/m0/s1. The Hall–Kier alpha value is -3.41. The Labute approximate surface area is 174 Å². The molecular weight excluding hydrogens is 382 g/mol. The van der Waals surface area contributed by atoms with Crippen molar-refractivity contribution in [2.45, 2.75) is 12.5 Å². The molecule has 2 heterocycles. The Morgan fingerprint density at radius 3 is 2.37 bits per heavy atom. The van der Waals surface area contributed by atoms with Crippen LogP contribution in [0.25, 0.3) is 0 Å². The zero-order chi connectivity index (χ0) is 20.8. The number of β-lactam (4-membered cyclic amide) rings is 1. The molecule has 0 spiro atoms. The van der Waals surface area contributed by atoms with Gasteiger partial charge in [-0.2, -0.15) is 0 Å². The summed E-state index contributed by atoms with van der Waals surface area (Å²) < 4.78 is 10.2. The van der Waals surface area contributed by atoms with Gasteiger partial charge in [-0.1, -0.05) is 42.5 Å². The smallest absolute Gasteiger partial charge is 0.318 e. The summed E-state index contributed by atoms with van der Waals surface area (Å²) in [5.41, 5.74) is 1.76. The largest absolute Gasteiger partial charge is 0.497 e. The summed E-state index contributed by atoms with van der Waals surface area (Å²) in [4.78, 5) is 39.7. The van der Waals surface area contributed by atoms with Gasteiger partial charge >= 0.3 is 11.9 Å². The Morgan fingerprint density at radius 1 is 0.933 bits per heavy atom. The quantitative estimate of drug-likeness (QED) is 0.339. The first-order valence-corrected chi connectivity index (χ1v) is 10.0. The maximum atomic E-state index is 13.4. The first-order valence-electron chi connectivity index (χ1n) is 10.0. The number of nitrogens with zero attached hydrogens (tertiary/aromatic N) is 1. The predicted molar refractivity (Wildman–Crippen MR) is 108 cm³/mol. The number of para-hydroxylation sites is 1. The molecule has 1 aliphatic carbocycles. The molecule has 0 N–H and O–H groups in total. The summed E-state index contributed by atoms with van der Waals surface area (Å²) in [5.74, 6) is -2.23. The zero-order valence-electron chi connectivity index (χ0n) is 16.4. The van der Waals surface area contributed by atoms with Gasteiger partial charge in [-0.15, -0.1) is 0 Å². The van der Waals surface area contributed by atoms with Crippen molar-refractivity contribution in [3.05, 3.63) is 72.3 Å². The van der Waals surface area contributed by atoms with E-state index >= 15 is 0 Å². The van der Waals surface area contributed by atoms with Gasteiger partial charge in [0.1, 0.15) is 5.75 Å². The zero-order valence-corrected chi connectivity index (χ0v) is 16.4. The highest BCUT2D eigenvalue weighted by molar-refractivity contribution is 6.05. The third-order valence-electron chi connectivity index (χ3n) is 6.42. The Bertz CT molecular complexity index is 1030. The molecule has 6 heteroatoms. The van der Waals surface area contributed by atoms with Gasteiger partial charge in [0, 0.05) is 11.6 Å². The Morgan fingerprint density at radius 2 is 1.67 bits per heavy atom. The molecule has 0 bridgehead atoms. The van der Waals surface area contributed by atoms with E-state index in [-0.39, 0.29) is 17.9 Å². The molecule has 2 aromatic rings. The second-order valence-corrected chi connectivity index (χ2v) is 7.90. The maximum absolute atomic E-state index is 13.4. The second-order valence-electron chi connectivity index (χ2n) is 7.90. The number of allylic oxidation sites excluding steroid dienone is 2. The third-order valence-corrected chi connectivity index (χ3v) is 6.42. The minimum absolute atomic E-state index is 0.0514. The SMILES string of the molecule is COc1ccc([C@H]2C([C@H]3C=CC[C@H]4C(=O)OC(=O)[C@@H]34)C(=O)N2c2ccccc2)cc1. The number of cyclic esters (lactones) is 2. The lowest BCUT2D eigenvalue weighted by Gasteiger charge is -2.51. The number of fused-ring (bicyclic) bond motifs is 1. The summed E-state index contributed by atoms with van der Waals surface area (Å²) in [6.45, 7) is 0. The van der Waals surface area contributed by atoms with E-state index < -0.39 is 29.7 Å². The number of esters is 2. The number of amides is 1. The summed E-state index contributed by atoms with van der Waals surface area (Å²) in [6, 6.07) is 16.9. The lowest BCUT2D eigenvalue weighted by Crippen LogP contribution is -2.59. The molecule has 2 fully saturated rings. The van der Waals surface area contributed by atoms with Crippen LogP contribution in [0.3, 0.4) is 0 Å². The van der Waals surface area contributed by atoms with Crippen LogP contribution in [0.4, 0.5) is 5.69 Å². The summed E-state index contributed by atoms with van der Waals surface area (Å²) in [6.07, 6.45) is 4.29. The fraction of sp³-hybridized carbons (Fsp3) is 0.292. The first-order chi connectivity index (χ1) is 14.6. The van der Waals surface area contributed by atoms with Crippen molar-refractivity contribution in [2.24, 2.45) is 23.7 Å². The maximum Gasteiger partial charge on any atom is 0.318 e. The number of anilines is 1. The molecule has 0 radical (unpaired) electrons. The van der Waals surface area contributed by atoms with Gasteiger partial charge in [0.25, 0.3) is 0 Å². The number of hydrogen-bond donors (Lipinski definition) is 0. The molecule has 1 amide bonds. The van der Waals surface area contributed by atoms with Gasteiger partial charge in [0.2, 0.25) is 5.91 Å². The van der Waals surface area contributed by atoms with Gasteiger partial charge in [-0.05, 0) is 36.2 Å². The van der Waals surface area contributed by atoms with Gasteiger partial charge in [-0.25, -0.2) is 0 Å². The van der Waals surface area contributed by atoms with E-state index in [9.17, 15) is 14.4 Å². The molecular formula is C24H21NO5. The molecule has 2 aromatic carbocycles. The average Bonchev–Trinajstić information content (AvgIpc) is 3.07. The molecule has 0 saturated carbocycles. The van der Waals surface area contributed by atoms with E-state index in [0.29, 0.717) is 6.42 Å². The Kier molecular flexibility index (Phi) is 4.42. The molecule has 0 aromatic heterocycles. The molecule has 30 heavy (non-hydrogen) atoms. The van der Waals surface area contributed by atoms with Crippen LogP contribution in [0.15, 0.2) is 66.7 Å². The van der Waals surface area contributed by atoms with Crippen LogP contribution in [0.1, 0.15) is 18.0 Å². The Balaban J connectivity index is 1.55. The number of ether oxygens (including phenoxy) is 2. The predicted octanol–water partition coefficient (Wildman–Crippen LogP) is 3.29. The number of benzene rings is 2. The van der Waals surface area contributed by atoms with Crippen molar-refractivity contribution in [2.75, 3.05) is 12.0 Å². The van der Waals surface area contributed by atoms with Gasteiger partial charge in [-0.3, -0.25) is 14.4 Å². The molecule has 6 nitrogen and oxygen atoms in total. The summed E-state index contributed by atoms with van der Waals surface area (Å²) >= 11 is 0. The van der Waals surface area contributed by atoms with Gasteiger partial charge < -0.3 is 14.4 Å². The van der Waals surface area contributed by atoms with Crippen LogP contribution in [-0.2, 0) is 19.1 Å². The van der Waals surface area contributed by atoms with E-state index in [0.717, 1.165) is 17.0 Å². The van der Waals surface area contributed by atoms with E-state index in [1.807, 2.05) is 66.7 Å². The van der Waals surface area contributed by atoms with Crippen molar-refractivity contribution < 1.29 is 23.9 Å². The van der Waals surface area contributed by atoms with Crippen LogP contribution in [0.5, 0.6) is 5.75 Å². The van der Waals surface area contributed by atoms with E-state index in [2.05, 4.69) is 0 Å².